The topological polar surface area (TPSA) is 54.0 Å². The van der Waals surface area contributed by atoms with Crippen molar-refractivity contribution in [1.82, 2.24) is 14.2 Å². The van der Waals surface area contributed by atoms with Crippen molar-refractivity contribution in [2.24, 2.45) is 5.73 Å². The zero-order valence-electron chi connectivity index (χ0n) is 14.0. The standard InChI is InChI=1S/C17H21F3N4O/c1-12(23-7-5-22(6-8-23)11-17(18,19)20)15-10-13(16(21)25)9-14-3-2-4-24(14)15/h2-4,9-10,12H,5-8,11H2,1H3,(H2,21,25). The van der Waals surface area contributed by atoms with Crippen LogP contribution in [0.2, 0.25) is 0 Å². The smallest absolute Gasteiger partial charge is 0.366 e. The summed E-state index contributed by atoms with van der Waals surface area (Å²) in [4.78, 5) is 15.1. The van der Waals surface area contributed by atoms with Crippen LogP contribution in [0.5, 0.6) is 0 Å². The second kappa shape index (κ2) is 6.68. The third-order valence-corrected chi connectivity index (χ3v) is 4.74. The highest BCUT2D eigenvalue weighted by atomic mass is 19.4. The third-order valence-electron chi connectivity index (χ3n) is 4.74. The lowest BCUT2D eigenvalue weighted by Gasteiger charge is -2.38. The van der Waals surface area contributed by atoms with Crippen LogP contribution in [-0.2, 0) is 0 Å². The quantitative estimate of drug-likeness (QED) is 0.917. The molecule has 8 heteroatoms. The van der Waals surface area contributed by atoms with Gasteiger partial charge in [0, 0.05) is 55.2 Å². The summed E-state index contributed by atoms with van der Waals surface area (Å²) in [7, 11) is 0. The summed E-state index contributed by atoms with van der Waals surface area (Å²) in [6, 6.07) is 7.24. The number of alkyl halides is 3. The van der Waals surface area contributed by atoms with Gasteiger partial charge in [0.25, 0.3) is 0 Å². The Kier molecular flexibility index (Phi) is 4.75. The summed E-state index contributed by atoms with van der Waals surface area (Å²) in [6.45, 7) is 2.96. The van der Waals surface area contributed by atoms with Gasteiger partial charge >= 0.3 is 6.18 Å². The molecular weight excluding hydrogens is 333 g/mol. The molecule has 5 nitrogen and oxygen atoms in total. The van der Waals surface area contributed by atoms with Crippen molar-refractivity contribution in [3.8, 4) is 0 Å². The molecule has 3 heterocycles. The SMILES string of the molecule is CC(c1cc(C(N)=O)cc2cccn12)N1CCN(CC(F)(F)F)CC1. The number of carbonyl (C=O) groups is 1. The van der Waals surface area contributed by atoms with Crippen molar-refractivity contribution >= 4 is 11.4 Å². The number of rotatable bonds is 4. The van der Waals surface area contributed by atoms with E-state index in [4.69, 9.17) is 5.73 Å². The van der Waals surface area contributed by atoms with Crippen molar-refractivity contribution in [2.45, 2.75) is 19.1 Å². The number of primary amides is 1. The summed E-state index contributed by atoms with van der Waals surface area (Å²) >= 11 is 0. The lowest BCUT2D eigenvalue weighted by atomic mass is 10.1. The van der Waals surface area contributed by atoms with E-state index >= 15 is 0 Å². The first-order valence-corrected chi connectivity index (χ1v) is 8.18. The van der Waals surface area contributed by atoms with Gasteiger partial charge in [-0.15, -0.1) is 0 Å². The van der Waals surface area contributed by atoms with Gasteiger partial charge in [0.2, 0.25) is 5.91 Å². The summed E-state index contributed by atoms with van der Waals surface area (Å²) in [5.41, 5.74) is 7.63. The monoisotopic (exact) mass is 354 g/mol. The molecule has 2 aromatic rings. The molecule has 1 aliphatic rings. The first kappa shape index (κ1) is 17.8. The summed E-state index contributed by atoms with van der Waals surface area (Å²) in [5.74, 6) is -0.493. The summed E-state index contributed by atoms with van der Waals surface area (Å²) in [6.07, 6.45) is -2.26. The first-order valence-electron chi connectivity index (χ1n) is 8.18. The van der Waals surface area contributed by atoms with Crippen LogP contribution >= 0.6 is 0 Å². The number of halogens is 3. The number of fused-ring (bicyclic) bond motifs is 1. The maximum Gasteiger partial charge on any atom is 0.401 e. The van der Waals surface area contributed by atoms with Crippen LogP contribution in [-0.4, -0.2) is 59.0 Å². The molecule has 2 aromatic heterocycles. The second-order valence-corrected chi connectivity index (χ2v) is 6.44. The van der Waals surface area contributed by atoms with Gasteiger partial charge in [-0.2, -0.15) is 13.2 Å². The highest BCUT2D eigenvalue weighted by Gasteiger charge is 2.33. The Labute approximate surface area is 143 Å². The van der Waals surface area contributed by atoms with E-state index in [2.05, 4.69) is 4.90 Å². The molecule has 0 bridgehead atoms. The van der Waals surface area contributed by atoms with E-state index in [1.807, 2.05) is 29.7 Å². The minimum atomic E-state index is -4.17. The minimum Gasteiger partial charge on any atom is -0.366 e. The van der Waals surface area contributed by atoms with E-state index in [1.165, 1.54) is 4.90 Å². The number of nitrogens with zero attached hydrogens (tertiary/aromatic N) is 3. The minimum absolute atomic E-state index is 0.0396. The van der Waals surface area contributed by atoms with Crippen LogP contribution in [0.3, 0.4) is 0 Å². The highest BCUT2D eigenvalue weighted by Crippen LogP contribution is 2.25. The molecule has 1 amide bonds. The van der Waals surface area contributed by atoms with Crippen molar-refractivity contribution in [3.63, 3.8) is 0 Å². The van der Waals surface area contributed by atoms with Crippen molar-refractivity contribution in [1.29, 1.82) is 0 Å². The Hall–Kier alpha value is -2.06. The molecule has 1 atom stereocenters. The molecule has 0 aliphatic carbocycles. The molecule has 25 heavy (non-hydrogen) atoms. The zero-order chi connectivity index (χ0) is 18.2. The molecule has 1 fully saturated rings. The molecule has 0 saturated carbocycles. The fourth-order valence-corrected chi connectivity index (χ4v) is 3.39. The van der Waals surface area contributed by atoms with Crippen LogP contribution in [0, 0.1) is 0 Å². The molecule has 1 saturated heterocycles. The van der Waals surface area contributed by atoms with Gasteiger partial charge in [0.1, 0.15) is 0 Å². The van der Waals surface area contributed by atoms with E-state index in [0.717, 1.165) is 11.2 Å². The molecule has 0 spiro atoms. The van der Waals surface area contributed by atoms with Crippen molar-refractivity contribution in [3.05, 3.63) is 41.7 Å². The Morgan fingerprint density at radius 3 is 2.52 bits per heavy atom. The molecule has 3 rings (SSSR count). The first-order chi connectivity index (χ1) is 11.7. The fourth-order valence-electron chi connectivity index (χ4n) is 3.39. The van der Waals surface area contributed by atoms with Gasteiger partial charge in [-0.1, -0.05) is 0 Å². The number of hydrogen-bond acceptors (Lipinski definition) is 3. The van der Waals surface area contributed by atoms with Crippen LogP contribution < -0.4 is 5.73 Å². The van der Waals surface area contributed by atoms with Crippen LogP contribution in [0.25, 0.3) is 5.52 Å². The molecule has 136 valence electrons. The maximum absolute atomic E-state index is 12.5. The molecule has 0 aromatic carbocycles. The normalized spacial score (nSPS) is 18.6. The molecule has 1 unspecified atom stereocenters. The fraction of sp³-hybridized carbons (Fsp3) is 0.471. The highest BCUT2D eigenvalue weighted by molar-refractivity contribution is 5.94. The van der Waals surface area contributed by atoms with Gasteiger partial charge in [0.15, 0.2) is 0 Å². The number of pyridine rings is 1. The Bertz CT molecular complexity index is 763. The van der Waals surface area contributed by atoms with E-state index in [0.29, 0.717) is 31.7 Å². The predicted molar refractivity (Wildman–Crippen MR) is 88.4 cm³/mol. The summed E-state index contributed by atoms with van der Waals surface area (Å²) < 4.78 is 39.5. The van der Waals surface area contributed by atoms with Gasteiger partial charge in [0.05, 0.1) is 6.54 Å². The number of nitrogens with two attached hydrogens (primary N) is 1. The molecule has 2 N–H and O–H groups in total. The number of piperazine rings is 1. The Balaban J connectivity index is 1.78. The van der Waals surface area contributed by atoms with Gasteiger partial charge in [-0.3, -0.25) is 14.6 Å². The average molecular weight is 354 g/mol. The summed E-state index contributed by atoms with van der Waals surface area (Å²) in [5, 5.41) is 0. The van der Waals surface area contributed by atoms with Crippen LogP contribution in [0.15, 0.2) is 30.5 Å². The second-order valence-electron chi connectivity index (χ2n) is 6.44. The van der Waals surface area contributed by atoms with Gasteiger partial charge in [-0.05, 0) is 31.2 Å². The molecule has 0 radical (unpaired) electrons. The maximum atomic E-state index is 12.5. The van der Waals surface area contributed by atoms with Crippen molar-refractivity contribution < 1.29 is 18.0 Å². The van der Waals surface area contributed by atoms with Crippen molar-refractivity contribution in [2.75, 3.05) is 32.7 Å². The lowest BCUT2D eigenvalue weighted by Crippen LogP contribution is -2.49. The zero-order valence-corrected chi connectivity index (χ0v) is 14.0. The average Bonchev–Trinajstić information content (AvgIpc) is 3.01. The number of hydrogen-bond donors (Lipinski definition) is 1. The Morgan fingerprint density at radius 1 is 1.24 bits per heavy atom. The van der Waals surface area contributed by atoms with Crippen LogP contribution in [0.4, 0.5) is 13.2 Å². The lowest BCUT2D eigenvalue weighted by molar-refractivity contribution is -0.149. The van der Waals surface area contributed by atoms with Gasteiger partial charge < -0.3 is 10.1 Å². The number of amides is 1. The molecular formula is C17H21F3N4O. The number of aromatic nitrogens is 1. The third kappa shape index (κ3) is 3.96. The van der Waals surface area contributed by atoms with Crippen LogP contribution in [0.1, 0.15) is 29.0 Å². The number of carbonyl (C=O) groups excluding carboxylic acids is 1. The van der Waals surface area contributed by atoms with E-state index in [-0.39, 0.29) is 6.04 Å². The van der Waals surface area contributed by atoms with E-state index < -0.39 is 18.6 Å². The largest absolute Gasteiger partial charge is 0.401 e. The van der Waals surface area contributed by atoms with E-state index in [9.17, 15) is 18.0 Å². The predicted octanol–water partition coefficient (Wildman–Crippen LogP) is 2.28. The van der Waals surface area contributed by atoms with Gasteiger partial charge in [-0.25, -0.2) is 0 Å². The van der Waals surface area contributed by atoms with E-state index in [1.54, 1.807) is 12.1 Å². The Morgan fingerprint density at radius 2 is 1.92 bits per heavy atom. The molecule has 1 aliphatic heterocycles.